The van der Waals surface area contributed by atoms with Gasteiger partial charge in [0.25, 0.3) is 0 Å². The zero-order valence-corrected chi connectivity index (χ0v) is 18.4. The zero-order chi connectivity index (χ0) is 21.5. The van der Waals surface area contributed by atoms with E-state index < -0.39 is 0 Å². The molecule has 6 rings (SSSR count). The predicted molar refractivity (Wildman–Crippen MR) is 118 cm³/mol. The predicted octanol–water partition coefficient (Wildman–Crippen LogP) is 3.67. The molecule has 0 spiro atoms. The molecule has 5 nitrogen and oxygen atoms in total. The van der Waals surface area contributed by atoms with Crippen molar-refractivity contribution in [2.24, 2.45) is 29.6 Å². The van der Waals surface area contributed by atoms with Crippen molar-refractivity contribution in [3.8, 4) is 6.07 Å². The Balaban J connectivity index is 1.23. The number of nitrogens with one attached hydrogen (secondary N) is 1. The van der Waals surface area contributed by atoms with Gasteiger partial charge in [0.1, 0.15) is 6.04 Å². The first-order valence-corrected chi connectivity index (χ1v) is 12.1. The largest absolute Gasteiger partial charge is 0.351 e. The molecular formula is C26H33N3O2. The van der Waals surface area contributed by atoms with E-state index in [4.69, 9.17) is 0 Å². The molecule has 2 amide bonds. The van der Waals surface area contributed by atoms with Gasteiger partial charge in [0.05, 0.1) is 11.6 Å². The Kier molecular flexibility index (Phi) is 5.50. The molecule has 0 unspecified atom stereocenters. The molecule has 1 N–H and O–H groups in total. The van der Waals surface area contributed by atoms with Gasteiger partial charge in [-0.1, -0.05) is 25.1 Å². The van der Waals surface area contributed by atoms with E-state index in [1.165, 1.54) is 32.1 Å². The van der Waals surface area contributed by atoms with E-state index in [0.717, 1.165) is 30.2 Å². The fraction of sp³-hybridized carbons (Fsp3) is 0.654. The van der Waals surface area contributed by atoms with Crippen LogP contribution in [-0.2, 0) is 16.0 Å². The number of carbonyl (C=O) groups excluding carboxylic acids is 2. The molecule has 5 heteroatoms. The minimum Gasteiger partial charge on any atom is -0.351 e. The van der Waals surface area contributed by atoms with Gasteiger partial charge in [-0.25, -0.2) is 0 Å². The smallest absolute Gasteiger partial charge is 0.243 e. The SMILES string of the molecule is C[C@@H](Cc1ccccc1C#N)C(=O)N1CCC[C@@H]1C(=O)NC1C2CC3CC(C2)CC1C3. The Labute approximate surface area is 185 Å². The fourth-order valence-electron chi connectivity index (χ4n) is 7.23. The van der Waals surface area contributed by atoms with Crippen molar-refractivity contribution >= 4 is 11.8 Å². The molecule has 5 aliphatic rings. The number of hydrogen-bond acceptors (Lipinski definition) is 3. The number of benzene rings is 1. The normalized spacial score (nSPS) is 34.4. The van der Waals surface area contributed by atoms with E-state index in [1.54, 1.807) is 6.07 Å². The summed E-state index contributed by atoms with van der Waals surface area (Å²) in [5.41, 5.74) is 1.53. The summed E-state index contributed by atoms with van der Waals surface area (Å²) in [4.78, 5) is 28.4. The quantitative estimate of drug-likeness (QED) is 0.791. The van der Waals surface area contributed by atoms with E-state index in [0.29, 0.717) is 36.4 Å². The van der Waals surface area contributed by atoms with E-state index in [9.17, 15) is 14.9 Å². The van der Waals surface area contributed by atoms with Gasteiger partial charge in [0.15, 0.2) is 0 Å². The van der Waals surface area contributed by atoms with Crippen LogP contribution in [0.25, 0.3) is 0 Å². The summed E-state index contributed by atoms with van der Waals surface area (Å²) >= 11 is 0. The number of amides is 2. The standard InChI is InChI=1S/C26H33N3O2/c1-16(9-19-5-2-3-6-20(19)15-27)26(31)29-8-4-7-23(29)25(30)28-24-21-11-17-10-18(13-21)14-22(24)12-17/h2-3,5-6,16-18,21-24H,4,7-14H2,1H3,(H,28,30)/t16-,17?,18?,21?,22?,23+,24?/m0/s1. The van der Waals surface area contributed by atoms with Crippen LogP contribution in [0.3, 0.4) is 0 Å². The lowest BCUT2D eigenvalue weighted by molar-refractivity contribution is -0.142. The summed E-state index contributed by atoms with van der Waals surface area (Å²) in [6.07, 6.45) is 8.69. The van der Waals surface area contributed by atoms with Crippen LogP contribution in [0.4, 0.5) is 0 Å². The van der Waals surface area contributed by atoms with Crippen LogP contribution in [-0.4, -0.2) is 35.3 Å². The molecule has 1 aromatic carbocycles. The molecule has 4 saturated carbocycles. The van der Waals surface area contributed by atoms with Gasteiger partial charge in [-0.05, 0) is 86.7 Å². The second kappa shape index (κ2) is 8.30. The molecular weight excluding hydrogens is 386 g/mol. The van der Waals surface area contributed by atoms with E-state index in [1.807, 2.05) is 30.0 Å². The third kappa shape index (κ3) is 3.86. The Bertz CT molecular complexity index is 876. The lowest BCUT2D eigenvalue weighted by Crippen LogP contribution is -2.58. The van der Waals surface area contributed by atoms with Crippen LogP contribution in [0, 0.1) is 40.9 Å². The van der Waals surface area contributed by atoms with Crippen molar-refractivity contribution in [1.82, 2.24) is 10.2 Å². The maximum Gasteiger partial charge on any atom is 0.243 e. The topological polar surface area (TPSA) is 73.2 Å². The van der Waals surface area contributed by atoms with Gasteiger partial charge in [-0.2, -0.15) is 5.26 Å². The number of likely N-dealkylation sites (tertiary alicyclic amines) is 1. The van der Waals surface area contributed by atoms with Gasteiger partial charge >= 0.3 is 0 Å². The average Bonchev–Trinajstić information content (AvgIpc) is 3.25. The number of carbonyl (C=O) groups is 2. The highest BCUT2D eigenvalue weighted by molar-refractivity contribution is 5.89. The number of hydrogen-bond donors (Lipinski definition) is 1. The van der Waals surface area contributed by atoms with Crippen molar-refractivity contribution in [2.75, 3.05) is 6.54 Å². The van der Waals surface area contributed by atoms with Crippen molar-refractivity contribution in [3.63, 3.8) is 0 Å². The molecule has 1 aliphatic heterocycles. The Morgan fingerprint density at radius 1 is 1.13 bits per heavy atom. The molecule has 4 aliphatic carbocycles. The van der Waals surface area contributed by atoms with Crippen LogP contribution in [0.1, 0.15) is 63.0 Å². The minimum absolute atomic E-state index is 0.0375. The number of nitrogens with zero attached hydrogens (tertiary/aromatic N) is 2. The first-order valence-electron chi connectivity index (χ1n) is 12.1. The van der Waals surface area contributed by atoms with Gasteiger partial charge in [-0.3, -0.25) is 9.59 Å². The average molecular weight is 420 g/mol. The summed E-state index contributed by atoms with van der Waals surface area (Å²) in [6, 6.07) is 9.67. The third-order valence-electron chi connectivity index (χ3n) is 8.46. The van der Waals surface area contributed by atoms with Crippen LogP contribution < -0.4 is 5.32 Å². The second-order valence-corrected chi connectivity index (χ2v) is 10.5. The lowest BCUT2D eigenvalue weighted by atomic mass is 9.54. The zero-order valence-electron chi connectivity index (χ0n) is 18.4. The molecule has 0 radical (unpaired) electrons. The highest BCUT2D eigenvalue weighted by Gasteiger charge is 2.49. The molecule has 5 fully saturated rings. The minimum atomic E-state index is -0.335. The van der Waals surface area contributed by atoms with Crippen LogP contribution in [0.5, 0.6) is 0 Å². The molecule has 1 aromatic rings. The van der Waals surface area contributed by atoms with Crippen LogP contribution in [0.15, 0.2) is 24.3 Å². The number of rotatable bonds is 5. The maximum absolute atomic E-state index is 13.3. The van der Waals surface area contributed by atoms with E-state index in [2.05, 4.69) is 11.4 Å². The van der Waals surface area contributed by atoms with E-state index in [-0.39, 0.29) is 23.8 Å². The summed E-state index contributed by atoms with van der Waals surface area (Å²) in [5, 5.41) is 12.8. The van der Waals surface area contributed by atoms with Gasteiger partial charge < -0.3 is 10.2 Å². The Morgan fingerprint density at radius 2 is 1.81 bits per heavy atom. The molecule has 164 valence electrons. The van der Waals surface area contributed by atoms with Crippen LogP contribution >= 0.6 is 0 Å². The van der Waals surface area contributed by atoms with Gasteiger partial charge in [0.2, 0.25) is 11.8 Å². The third-order valence-corrected chi connectivity index (χ3v) is 8.46. The van der Waals surface area contributed by atoms with Gasteiger partial charge in [0, 0.05) is 18.5 Å². The first kappa shape index (κ1) is 20.5. The Morgan fingerprint density at radius 3 is 2.48 bits per heavy atom. The summed E-state index contributed by atoms with van der Waals surface area (Å²) in [6.45, 7) is 2.57. The van der Waals surface area contributed by atoms with E-state index >= 15 is 0 Å². The van der Waals surface area contributed by atoms with Crippen molar-refractivity contribution in [3.05, 3.63) is 35.4 Å². The van der Waals surface area contributed by atoms with Crippen LogP contribution in [0.2, 0.25) is 0 Å². The van der Waals surface area contributed by atoms with Crippen molar-refractivity contribution in [2.45, 2.75) is 70.4 Å². The molecule has 1 heterocycles. The first-order chi connectivity index (χ1) is 15.0. The Hall–Kier alpha value is -2.35. The second-order valence-electron chi connectivity index (χ2n) is 10.5. The molecule has 1 saturated heterocycles. The summed E-state index contributed by atoms with van der Waals surface area (Å²) in [5.74, 6) is 2.92. The molecule has 0 aromatic heterocycles. The summed E-state index contributed by atoms with van der Waals surface area (Å²) in [7, 11) is 0. The lowest BCUT2D eigenvalue weighted by Gasteiger charge is -2.54. The monoisotopic (exact) mass is 419 g/mol. The van der Waals surface area contributed by atoms with Gasteiger partial charge in [-0.15, -0.1) is 0 Å². The molecule has 2 atom stereocenters. The summed E-state index contributed by atoms with van der Waals surface area (Å²) < 4.78 is 0. The fourth-order valence-corrected chi connectivity index (χ4v) is 7.23. The molecule has 31 heavy (non-hydrogen) atoms. The molecule has 4 bridgehead atoms. The van der Waals surface area contributed by atoms with Crippen molar-refractivity contribution in [1.29, 1.82) is 5.26 Å². The maximum atomic E-state index is 13.3. The van der Waals surface area contributed by atoms with Crippen molar-refractivity contribution < 1.29 is 9.59 Å². The highest BCUT2D eigenvalue weighted by atomic mass is 16.2. The number of nitriles is 1. The highest BCUT2D eigenvalue weighted by Crippen LogP contribution is 2.53.